The molecular formula is C19H17N3O2S. The third-order valence-electron chi connectivity index (χ3n) is 4.45. The maximum atomic E-state index is 12.7. The molecule has 5 nitrogen and oxygen atoms in total. The largest absolute Gasteiger partial charge is 0.335 e. The summed E-state index contributed by atoms with van der Waals surface area (Å²) < 4.78 is 1.02. The Balaban J connectivity index is 1.42. The molecule has 0 atom stereocenters. The van der Waals surface area contributed by atoms with Crippen LogP contribution in [0.1, 0.15) is 20.7 Å². The molecule has 0 saturated carbocycles. The summed E-state index contributed by atoms with van der Waals surface area (Å²) >= 11 is 1.53. The van der Waals surface area contributed by atoms with Gasteiger partial charge in [-0.15, -0.1) is 11.3 Å². The number of hydrogen-bond donors (Lipinski definition) is 0. The van der Waals surface area contributed by atoms with E-state index in [1.54, 1.807) is 5.51 Å². The molecule has 0 spiro atoms. The van der Waals surface area contributed by atoms with E-state index in [-0.39, 0.29) is 11.8 Å². The van der Waals surface area contributed by atoms with E-state index in [1.165, 1.54) is 11.3 Å². The summed E-state index contributed by atoms with van der Waals surface area (Å²) in [6.45, 7) is 2.22. The summed E-state index contributed by atoms with van der Waals surface area (Å²) in [5.41, 5.74) is 4.07. The van der Waals surface area contributed by atoms with E-state index < -0.39 is 0 Å². The summed E-state index contributed by atoms with van der Waals surface area (Å²) in [5.74, 6) is 0.0425. The highest BCUT2D eigenvalue weighted by atomic mass is 32.1. The molecule has 6 heteroatoms. The van der Waals surface area contributed by atoms with Crippen LogP contribution in [0.25, 0.3) is 10.2 Å². The van der Waals surface area contributed by atoms with Crippen molar-refractivity contribution in [3.63, 3.8) is 0 Å². The summed E-state index contributed by atoms with van der Waals surface area (Å²) in [5, 5.41) is 0. The predicted molar refractivity (Wildman–Crippen MR) is 97.9 cm³/mol. The van der Waals surface area contributed by atoms with Crippen LogP contribution < -0.4 is 0 Å². The Bertz CT molecular complexity index is 915. The second-order valence-electron chi connectivity index (χ2n) is 5.99. The lowest BCUT2D eigenvalue weighted by molar-refractivity contribution is 0.0535. The topological polar surface area (TPSA) is 53.5 Å². The molecule has 4 rings (SSSR count). The predicted octanol–water partition coefficient (Wildman–Crippen LogP) is 2.89. The Morgan fingerprint density at radius 1 is 0.840 bits per heavy atom. The highest BCUT2D eigenvalue weighted by Gasteiger charge is 2.25. The number of carbonyl (C=O) groups is 2. The quantitative estimate of drug-likeness (QED) is 0.713. The molecule has 2 heterocycles. The minimum absolute atomic E-state index is 0.0158. The lowest BCUT2D eigenvalue weighted by atomic mass is 10.1. The van der Waals surface area contributed by atoms with Crippen LogP contribution in [0.5, 0.6) is 0 Å². The van der Waals surface area contributed by atoms with E-state index in [2.05, 4.69) is 4.98 Å². The highest BCUT2D eigenvalue weighted by molar-refractivity contribution is 7.16. The van der Waals surface area contributed by atoms with Gasteiger partial charge in [0.15, 0.2) is 0 Å². The van der Waals surface area contributed by atoms with Gasteiger partial charge in [-0.05, 0) is 30.3 Å². The number of carbonyl (C=O) groups excluding carboxylic acids is 2. The third-order valence-corrected chi connectivity index (χ3v) is 5.24. The van der Waals surface area contributed by atoms with Crippen molar-refractivity contribution in [2.45, 2.75) is 0 Å². The van der Waals surface area contributed by atoms with Crippen molar-refractivity contribution in [1.29, 1.82) is 0 Å². The minimum atomic E-state index is 0.0158. The van der Waals surface area contributed by atoms with Gasteiger partial charge in [-0.25, -0.2) is 4.98 Å². The second-order valence-corrected chi connectivity index (χ2v) is 6.87. The first-order valence-corrected chi connectivity index (χ1v) is 9.07. The SMILES string of the molecule is O=C(c1ccccc1)N1CCN(C(=O)c2ccc3ncsc3c2)CC1. The highest BCUT2D eigenvalue weighted by Crippen LogP contribution is 2.20. The van der Waals surface area contributed by atoms with Crippen LogP contribution in [-0.4, -0.2) is 52.8 Å². The van der Waals surface area contributed by atoms with Gasteiger partial charge in [0, 0.05) is 37.3 Å². The first-order valence-electron chi connectivity index (χ1n) is 8.19. The zero-order chi connectivity index (χ0) is 17.2. The summed E-state index contributed by atoms with van der Waals surface area (Å²) in [6.07, 6.45) is 0. The van der Waals surface area contributed by atoms with Crippen molar-refractivity contribution in [3.05, 3.63) is 65.2 Å². The van der Waals surface area contributed by atoms with Crippen LogP contribution in [0.2, 0.25) is 0 Å². The first kappa shape index (κ1) is 15.8. The average molecular weight is 351 g/mol. The number of amides is 2. The van der Waals surface area contributed by atoms with Crippen LogP contribution in [0.3, 0.4) is 0 Å². The molecular weight excluding hydrogens is 334 g/mol. The van der Waals surface area contributed by atoms with Crippen molar-refractivity contribution in [1.82, 2.24) is 14.8 Å². The number of thiazole rings is 1. The molecule has 25 heavy (non-hydrogen) atoms. The smallest absolute Gasteiger partial charge is 0.254 e. The molecule has 0 aliphatic carbocycles. The van der Waals surface area contributed by atoms with E-state index in [4.69, 9.17) is 0 Å². The Morgan fingerprint density at radius 2 is 1.48 bits per heavy atom. The van der Waals surface area contributed by atoms with E-state index in [1.807, 2.05) is 58.3 Å². The molecule has 1 aliphatic heterocycles. The van der Waals surface area contributed by atoms with Gasteiger partial charge in [-0.1, -0.05) is 18.2 Å². The fraction of sp³-hybridized carbons (Fsp3) is 0.211. The number of rotatable bonds is 2. The van der Waals surface area contributed by atoms with Crippen LogP contribution in [-0.2, 0) is 0 Å². The monoisotopic (exact) mass is 351 g/mol. The number of hydrogen-bond acceptors (Lipinski definition) is 4. The van der Waals surface area contributed by atoms with Crippen molar-refractivity contribution in [3.8, 4) is 0 Å². The summed E-state index contributed by atoms with van der Waals surface area (Å²) in [7, 11) is 0. The molecule has 2 amide bonds. The Morgan fingerprint density at radius 3 is 2.16 bits per heavy atom. The Labute approximate surface area is 149 Å². The summed E-state index contributed by atoms with van der Waals surface area (Å²) in [4.78, 5) is 33.1. The van der Waals surface area contributed by atoms with Gasteiger partial charge in [-0.3, -0.25) is 9.59 Å². The minimum Gasteiger partial charge on any atom is -0.335 e. The molecule has 3 aromatic rings. The van der Waals surface area contributed by atoms with Crippen LogP contribution in [0.15, 0.2) is 54.0 Å². The van der Waals surface area contributed by atoms with Gasteiger partial charge in [0.2, 0.25) is 0 Å². The number of nitrogens with zero attached hydrogens (tertiary/aromatic N) is 3. The van der Waals surface area contributed by atoms with Crippen LogP contribution >= 0.6 is 11.3 Å². The Hall–Kier alpha value is -2.73. The normalized spacial score (nSPS) is 14.7. The molecule has 1 aromatic heterocycles. The second kappa shape index (κ2) is 6.64. The molecule has 0 unspecified atom stereocenters. The molecule has 126 valence electrons. The Kier molecular flexibility index (Phi) is 4.19. The molecule has 0 bridgehead atoms. The van der Waals surface area contributed by atoms with Crippen LogP contribution in [0, 0.1) is 0 Å². The molecule has 2 aromatic carbocycles. The van der Waals surface area contributed by atoms with Crippen molar-refractivity contribution in [2.24, 2.45) is 0 Å². The average Bonchev–Trinajstić information content (AvgIpc) is 3.15. The molecule has 1 aliphatic rings. The van der Waals surface area contributed by atoms with Gasteiger partial charge in [-0.2, -0.15) is 0 Å². The molecule has 1 saturated heterocycles. The summed E-state index contributed by atoms with van der Waals surface area (Å²) in [6, 6.07) is 14.9. The number of benzene rings is 2. The zero-order valence-electron chi connectivity index (χ0n) is 13.6. The zero-order valence-corrected chi connectivity index (χ0v) is 14.4. The molecule has 0 N–H and O–H groups in total. The number of fused-ring (bicyclic) bond motifs is 1. The number of piperazine rings is 1. The van der Waals surface area contributed by atoms with E-state index >= 15 is 0 Å². The van der Waals surface area contributed by atoms with Crippen molar-refractivity contribution >= 4 is 33.4 Å². The van der Waals surface area contributed by atoms with Gasteiger partial charge in [0.05, 0.1) is 15.7 Å². The van der Waals surface area contributed by atoms with E-state index in [0.717, 1.165) is 10.2 Å². The fourth-order valence-electron chi connectivity index (χ4n) is 3.05. The molecule has 1 fully saturated rings. The van der Waals surface area contributed by atoms with Gasteiger partial charge in [0.1, 0.15) is 0 Å². The lowest BCUT2D eigenvalue weighted by Crippen LogP contribution is -2.50. The fourth-order valence-corrected chi connectivity index (χ4v) is 3.76. The van der Waals surface area contributed by atoms with Gasteiger partial charge in [0.25, 0.3) is 11.8 Å². The van der Waals surface area contributed by atoms with E-state index in [9.17, 15) is 9.59 Å². The van der Waals surface area contributed by atoms with Gasteiger partial charge < -0.3 is 9.80 Å². The van der Waals surface area contributed by atoms with E-state index in [0.29, 0.717) is 37.3 Å². The van der Waals surface area contributed by atoms with Gasteiger partial charge >= 0.3 is 0 Å². The van der Waals surface area contributed by atoms with Crippen LogP contribution in [0.4, 0.5) is 0 Å². The maximum absolute atomic E-state index is 12.7. The number of aromatic nitrogens is 1. The first-order chi connectivity index (χ1) is 12.2. The lowest BCUT2D eigenvalue weighted by Gasteiger charge is -2.34. The standard InChI is InChI=1S/C19H17N3O2S/c23-18(14-4-2-1-3-5-14)21-8-10-22(11-9-21)19(24)15-6-7-16-17(12-15)25-13-20-16/h1-7,12-13H,8-11H2. The van der Waals surface area contributed by atoms with Crippen molar-refractivity contribution < 1.29 is 9.59 Å². The van der Waals surface area contributed by atoms with Crippen molar-refractivity contribution in [2.75, 3.05) is 26.2 Å². The maximum Gasteiger partial charge on any atom is 0.254 e. The third kappa shape index (κ3) is 3.13. The molecule has 0 radical (unpaired) electrons.